The Balaban J connectivity index is 1.53. The zero-order chi connectivity index (χ0) is 21.2. The van der Waals surface area contributed by atoms with Crippen molar-refractivity contribution in [3.8, 4) is 0 Å². The van der Waals surface area contributed by atoms with Gasteiger partial charge in [-0.3, -0.25) is 4.90 Å². The standard InChI is InChI=1S/C21H37F2N3O3/c1-4-29-19(27)25-10-5-6-16(7-13-25)24-11-8-17(9-12-24)26-15-21(22,23)14-18(26)20(2,3)28/h16-18,28H,4-15H2,1-3H3. The average Bonchev–Trinajstić information content (AvgIpc) is 2.83. The summed E-state index contributed by atoms with van der Waals surface area (Å²) in [6.45, 7) is 8.47. The number of carbonyl (C=O) groups excluding carboxylic acids is 1. The first kappa shape index (κ1) is 22.7. The van der Waals surface area contributed by atoms with Crippen LogP contribution in [-0.2, 0) is 4.74 Å². The lowest BCUT2D eigenvalue weighted by Crippen LogP contribution is -2.54. The summed E-state index contributed by atoms with van der Waals surface area (Å²) in [5.41, 5.74) is -1.13. The molecule has 1 amide bonds. The number of aliphatic hydroxyl groups is 1. The highest BCUT2D eigenvalue weighted by molar-refractivity contribution is 5.67. The highest BCUT2D eigenvalue weighted by Crippen LogP contribution is 2.40. The molecular formula is C21H37F2N3O3. The third-order valence-electron chi connectivity index (χ3n) is 6.83. The van der Waals surface area contributed by atoms with Gasteiger partial charge in [0.1, 0.15) is 0 Å². The molecule has 0 radical (unpaired) electrons. The Labute approximate surface area is 173 Å². The maximum Gasteiger partial charge on any atom is 0.409 e. The Kier molecular flexibility index (Phi) is 7.06. The van der Waals surface area contributed by atoms with Gasteiger partial charge in [0, 0.05) is 37.6 Å². The predicted molar refractivity (Wildman–Crippen MR) is 107 cm³/mol. The average molecular weight is 418 g/mol. The number of rotatable bonds is 4. The lowest BCUT2D eigenvalue weighted by atomic mass is 9.92. The second-order valence-corrected chi connectivity index (χ2v) is 9.44. The first-order chi connectivity index (χ1) is 13.6. The van der Waals surface area contributed by atoms with Gasteiger partial charge in [-0.1, -0.05) is 0 Å². The van der Waals surface area contributed by atoms with Gasteiger partial charge in [0.15, 0.2) is 0 Å². The van der Waals surface area contributed by atoms with Crippen molar-refractivity contribution >= 4 is 6.09 Å². The van der Waals surface area contributed by atoms with Crippen molar-refractivity contribution in [2.75, 3.05) is 39.3 Å². The number of hydrogen-bond acceptors (Lipinski definition) is 5. The van der Waals surface area contributed by atoms with Crippen molar-refractivity contribution in [3.63, 3.8) is 0 Å². The maximum absolute atomic E-state index is 14.1. The molecule has 0 aliphatic carbocycles. The summed E-state index contributed by atoms with van der Waals surface area (Å²) >= 11 is 0. The molecule has 0 bridgehead atoms. The minimum absolute atomic E-state index is 0.0952. The molecule has 0 aromatic heterocycles. The number of amides is 1. The molecule has 3 aliphatic rings. The molecule has 3 heterocycles. The van der Waals surface area contributed by atoms with Gasteiger partial charge in [0.25, 0.3) is 5.92 Å². The van der Waals surface area contributed by atoms with Crippen LogP contribution >= 0.6 is 0 Å². The summed E-state index contributed by atoms with van der Waals surface area (Å²) in [6.07, 6.45) is 4.15. The van der Waals surface area contributed by atoms with E-state index in [0.717, 1.165) is 51.7 Å². The molecule has 29 heavy (non-hydrogen) atoms. The number of alkyl halides is 2. The van der Waals surface area contributed by atoms with Crippen LogP contribution in [0.3, 0.4) is 0 Å². The van der Waals surface area contributed by atoms with Crippen LogP contribution in [0.4, 0.5) is 13.6 Å². The summed E-state index contributed by atoms with van der Waals surface area (Å²) in [5.74, 6) is -2.72. The normalized spacial score (nSPS) is 30.3. The molecule has 3 saturated heterocycles. The number of hydrogen-bond donors (Lipinski definition) is 1. The van der Waals surface area contributed by atoms with E-state index >= 15 is 0 Å². The third-order valence-corrected chi connectivity index (χ3v) is 6.83. The molecule has 168 valence electrons. The van der Waals surface area contributed by atoms with E-state index in [0.29, 0.717) is 19.2 Å². The Bertz CT molecular complexity index is 562. The van der Waals surface area contributed by atoms with Crippen LogP contribution in [0.1, 0.15) is 59.3 Å². The van der Waals surface area contributed by atoms with E-state index in [-0.39, 0.29) is 25.1 Å². The summed E-state index contributed by atoms with van der Waals surface area (Å²) in [5, 5.41) is 10.4. The van der Waals surface area contributed by atoms with E-state index in [1.54, 1.807) is 18.7 Å². The zero-order valence-corrected chi connectivity index (χ0v) is 18.1. The number of halogens is 2. The van der Waals surface area contributed by atoms with Crippen molar-refractivity contribution in [2.24, 2.45) is 0 Å². The highest BCUT2D eigenvalue weighted by Gasteiger charge is 2.52. The largest absolute Gasteiger partial charge is 0.450 e. The second kappa shape index (κ2) is 9.02. The van der Waals surface area contributed by atoms with Gasteiger partial charge in [-0.25, -0.2) is 13.6 Å². The molecule has 0 aromatic carbocycles. The second-order valence-electron chi connectivity index (χ2n) is 9.44. The molecule has 6 nitrogen and oxygen atoms in total. The van der Waals surface area contributed by atoms with Crippen LogP contribution in [0, 0.1) is 0 Å². The fourth-order valence-electron chi connectivity index (χ4n) is 5.31. The molecular weight excluding hydrogens is 380 g/mol. The Morgan fingerprint density at radius 3 is 2.38 bits per heavy atom. The van der Waals surface area contributed by atoms with E-state index in [2.05, 4.69) is 4.90 Å². The van der Waals surface area contributed by atoms with E-state index in [1.165, 1.54) is 0 Å². The molecule has 3 rings (SSSR count). The maximum atomic E-state index is 14.1. The lowest BCUT2D eigenvalue weighted by Gasteiger charge is -2.44. The van der Waals surface area contributed by atoms with Crippen LogP contribution < -0.4 is 0 Å². The number of piperidine rings is 1. The van der Waals surface area contributed by atoms with Gasteiger partial charge in [0.2, 0.25) is 0 Å². The molecule has 8 heteroatoms. The Morgan fingerprint density at radius 2 is 1.76 bits per heavy atom. The first-order valence-corrected chi connectivity index (χ1v) is 11.1. The molecule has 1 N–H and O–H groups in total. The van der Waals surface area contributed by atoms with Crippen LogP contribution in [0.15, 0.2) is 0 Å². The molecule has 2 atom stereocenters. The van der Waals surface area contributed by atoms with Gasteiger partial charge in [0.05, 0.1) is 18.8 Å². The van der Waals surface area contributed by atoms with Crippen molar-refractivity contribution in [3.05, 3.63) is 0 Å². The van der Waals surface area contributed by atoms with Crippen molar-refractivity contribution < 1.29 is 23.4 Å². The van der Waals surface area contributed by atoms with Crippen LogP contribution in [0.2, 0.25) is 0 Å². The summed E-state index contributed by atoms with van der Waals surface area (Å²) in [6, 6.07) is 0.0309. The number of likely N-dealkylation sites (tertiary alicyclic amines) is 3. The monoisotopic (exact) mass is 417 g/mol. The van der Waals surface area contributed by atoms with Gasteiger partial charge >= 0.3 is 6.09 Å². The molecule has 0 spiro atoms. The minimum Gasteiger partial charge on any atom is -0.450 e. The van der Waals surface area contributed by atoms with Crippen LogP contribution in [0.25, 0.3) is 0 Å². The Morgan fingerprint density at radius 1 is 1.10 bits per heavy atom. The van der Waals surface area contributed by atoms with Crippen molar-refractivity contribution in [1.29, 1.82) is 0 Å². The van der Waals surface area contributed by atoms with Crippen molar-refractivity contribution in [2.45, 2.75) is 88.9 Å². The summed E-state index contributed by atoms with van der Waals surface area (Å²) in [7, 11) is 0. The number of ether oxygens (including phenoxy) is 1. The topological polar surface area (TPSA) is 56.2 Å². The third kappa shape index (κ3) is 5.58. The highest BCUT2D eigenvalue weighted by atomic mass is 19.3. The van der Waals surface area contributed by atoms with Gasteiger partial charge in [-0.15, -0.1) is 0 Å². The summed E-state index contributed by atoms with van der Waals surface area (Å²) in [4.78, 5) is 18.1. The molecule has 3 fully saturated rings. The van der Waals surface area contributed by atoms with Gasteiger partial charge in [-0.05, 0) is 66.0 Å². The molecule has 3 aliphatic heterocycles. The molecule has 0 aromatic rings. The van der Waals surface area contributed by atoms with E-state index in [9.17, 15) is 18.7 Å². The van der Waals surface area contributed by atoms with Gasteiger partial charge in [-0.2, -0.15) is 0 Å². The molecule has 2 unspecified atom stereocenters. The fraction of sp³-hybridized carbons (Fsp3) is 0.952. The number of nitrogens with zero attached hydrogens (tertiary/aromatic N) is 3. The smallest absolute Gasteiger partial charge is 0.409 e. The fourth-order valence-corrected chi connectivity index (χ4v) is 5.31. The van der Waals surface area contributed by atoms with Gasteiger partial charge < -0.3 is 19.6 Å². The van der Waals surface area contributed by atoms with E-state index in [1.807, 2.05) is 11.8 Å². The lowest BCUT2D eigenvalue weighted by molar-refractivity contribution is -0.0298. The summed E-state index contributed by atoms with van der Waals surface area (Å²) < 4.78 is 33.3. The van der Waals surface area contributed by atoms with E-state index < -0.39 is 17.6 Å². The minimum atomic E-state index is -2.72. The SMILES string of the molecule is CCOC(=O)N1CCCC(N2CCC(N3CC(F)(F)CC3C(C)(C)O)CC2)CC1. The van der Waals surface area contributed by atoms with E-state index in [4.69, 9.17) is 4.74 Å². The quantitative estimate of drug-likeness (QED) is 0.762. The first-order valence-electron chi connectivity index (χ1n) is 11.1. The van der Waals surface area contributed by atoms with Crippen LogP contribution in [0.5, 0.6) is 0 Å². The zero-order valence-electron chi connectivity index (χ0n) is 18.1. The van der Waals surface area contributed by atoms with Crippen molar-refractivity contribution in [1.82, 2.24) is 14.7 Å². The predicted octanol–water partition coefficient (Wildman–Crippen LogP) is 2.94. The number of carbonyl (C=O) groups is 1. The Hall–Kier alpha value is -0.990. The van der Waals surface area contributed by atoms with Crippen LogP contribution in [-0.4, -0.2) is 94.9 Å². The molecule has 0 saturated carbocycles.